The lowest BCUT2D eigenvalue weighted by Gasteiger charge is -2.43. The smallest absolute Gasteiger partial charge is 0.108 e. The van der Waals surface area contributed by atoms with E-state index in [0.29, 0.717) is 30.0 Å². The maximum Gasteiger partial charge on any atom is 0.108 e. The number of hydrogen-bond donors (Lipinski definition) is 3. The van der Waals surface area contributed by atoms with Crippen LogP contribution in [0.15, 0.2) is 0 Å². The minimum Gasteiger partial charge on any atom is -0.359 e. The minimum absolute atomic E-state index is 0.241. The first-order chi connectivity index (χ1) is 10.1. The number of nitrogens with zero attached hydrogens (tertiary/aromatic N) is 1. The lowest BCUT2D eigenvalue weighted by Crippen LogP contribution is -2.56. The Balaban J connectivity index is 1.49. The summed E-state index contributed by atoms with van der Waals surface area (Å²) in [6.07, 6.45) is 5.43. The Morgan fingerprint density at radius 2 is 2.00 bits per heavy atom. The number of rotatable bonds is 3. The summed E-state index contributed by atoms with van der Waals surface area (Å²) < 4.78 is 6.26. The van der Waals surface area contributed by atoms with E-state index in [1.165, 1.54) is 25.8 Å². The fourth-order valence-corrected chi connectivity index (χ4v) is 4.46. The van der Waals surface area contributed by atoms with Crippen molar-refractivity contribution in [2.24, 2.45) is 17.6 Å². The summed E-state index contributed by atoms with van der Waals surface area (Å²) in [5, 5.41) is 7.11. The highest BCUT2D eigenvalue weighted by atomic mass is 16.5. The normalized spacial score (nSPS) is 45.9. The molecule has 3 rings (SSSR count). The fraction of sp³-hybridized carbons (Fsp3) is 1.00. The summed E-state index contributed by atoms with van der Waals surface area (Å²) in [7, 11) is 2.18. The van der Waals surface area contributed by atoms with Crippen LogP contribution in [0.25, 0.3) is 0 Å². The van der Waals surface area contributed by atoms with E-state index in [-0.39, 0.29) is 6.23 Å². The van der Waals surface area contributed by atoms with Crippen LogP contribution in [0.3, 0.4) is 0 Å². The molecule has 0 aliphatic carbocycles. The molecule has 3 aliphatic heterocycles. The standard InChI is InChI=1S/C16H32N4O/c1-11-13(14-5-7-18-9-15(14)17)3-4-16(19-11)21-12-6-8-20(2)10-12/h11-16,18-19H,3-10,17H2,1-2H3/t11?,12-,13?,14?,15?,16?/m0/s1. The first kappa shape index (κ1) is 15.7. The van der Waals surface area contributed by atoms with E-state index < -0.39 is 0 Å². The van der Waals surface area contributed by atoms with Gasteiger partial charge in [-0.05, 0) is 58.0 Å². The van der Waals surface area contributed by atoms with E-state index in [1.807, 2.05) is 0 Å². The molecule has 3 aliphatic rings. The molecular formula is C16H32N4O. The summed E-state index contributed by atoms with van der Waals surface area (Å²) in [5.41, 5.74) is 6.33. The summed E-state index contributed by atoms with van der Waals surface area (Å²) >= 11 is 0. The molecule has 0 saturated carbocycles. The van der Waals surface area contributed by atoms with Crippen molar-refractivity contribution in [1.29, 1.82) is 0 Å². The van der Waals surface area contributed by atoms with Gasteiger partial charge in [0.05, 0.1) is 6.10 Å². The monoisotopic (exact) mass is 296 g/mol. The molecule has 0 bridgehead atoms. The van der Waals surface area contributed by atoms with Crippen molar-refractivity contribution in [3.63, 3.8) is 0 Å². The first-order valence-corrected chi connectivity index (χ1v) is 8.70. The Labute approximate surface area is 129 Å². The molecule has 5 heteroatoms. The molecule has 0 aromatic rings. The van der Waals surface area contributed by atoms with Gasteiger partial charge in [-0.3, -0.25) is 5.32 Å². The van der Waals surface area contributed by atoms with Gasteiger partial charge in [0.1, 0.15) is 6.23 Å². The zero-order valence-electron chi connectivity index (χ0n) is 13.6. The molecule has 6 atom stereocenters. The Bertz CT molecular complexity index is 340. The molecule has 0 aromatic heterocycles. The Morgan fingerprint density at radius 1 is 1.14 bits per heavy atom. The maximum atomic E-state index is 6.33. The zero-order valence-corrected chi connectivity index (χ0v) is 13.6. The van der Waals surface area contributed by atoms with Crippen LogP contribution in [0, 0.1) is 11.8 Å². The molecule has 0 amide bonds. The van der Waals surface area contributed by atoms with Gasteiger partial charge in [-0.2, -0.15) is 0 Å². The van der Waals surface area contributed by atoms with Crippen LogP contribution in [0.5, 0.6) is 0 Å². The maximum absolute atomic E-state index is 6.33. The van der Waals surface area contributed by atoms with Crippen LogP contribution in [0.4, 0.5) is 0 Å². The third-order valence-electron chi connectivity index (χ3n) is 5.69. The van der Waals surface area contributed by atoms with Gasteiger partial charge < -0.3 is 20.7 Å². The molecule has 122 valence electrons. The molecule has 3 fully saturated rings. The van der Waals surface area contributed by atoms with Gasteiger partial charge in [0, 0.05) is 31.7 Å². The molecule has 5 nitrogen and oxygen atoms in total. The molecule has 21 heavy (non-hydrogen) atoms. The number of piperidine rings is 2. The molecule has 4 N–H and O–H groups in total. The van der Waals surface area contributed by atoms with Crippen LogP contribution in [-0.2, 0) is 4.74 Å². The number of hydrogen-bond acceptors (Lipinski definition) is 5. The van der Waals surface area contributed by atoms with Gasteiger partial charge in [0.15, 0.2) is 0 Å². The van der Waals surface area contributed by atoms with Crippen molar-refractivity contribution in [1.82, 2.24) is 15.5 Å². The summed E-state index contributed by atoms with van der Waals surface area (Å²) in [6.45, 7) is 6.66. The SMILES string of the molecule is CC1NC(O[C@H]2CCN(C)C2)CCC1C1CCNCC1N. The second kappa shape index (κ2) is 6.92. The van der Waals surface area contributed by atoms with Gasteiger partial charge in [0.25, 0.3) is 0 Å². The molecule has 0 aromatic carbocycles. The molecule has 3 saturated heterocycles. The van der Waals surface area contributed by atoms with Crippen molar-refractivity contribution in [3.8, 4) is 0 Å². The number of ether oxygens (including phenoxy) is 1. The van der Waals surface area contributed by atoms with E-state index in [1.54, 1.807) is 0 Å². The molecule has 5 unspecified atom stereocenters. The molecule has 0 spiro atoms. The van der Waals surface area contributed by atoms with E-state index in [9.17, 15) is 0 Å². The van der Waals surface area contributed by atoms with Crippen LogP contribution in [0.1, 0.15) is 32.6 Å². The average molecular weight is 296 g/mol. The summed E-state index contributed by atoms with van der Waals surface area (Å²) in [4.78, 5) is 2.35. The molecule has 0 radical (unpaired) electrons. The predicted molar refractivity (Wildman–Crippen MR) is 85.0 cm³/mol. The second-order valence-electron chi connectivity index (χ2n) is 7.31. The lowest BCUT2D eigenvalue weighted by atomic mass is 9.74. The third-order valence-corrected chi connectivity index (χ3v) is 5.69. The van der Waals surface area contributed by atoms with Gasteiger partial charge >= 0.3 is 0 Å². The number of nitrogens with two attached hydrogens (primary N) is 1. The molecule has 3 heterocycles. The highest BCUT2D eigenvalue weighted by Gasteiger charge is 2.37. The van der Waals surface area contributed by atoms with Crippen LogP contribution >= 0.6 is 0 Å². The number of likely N-dealkylation sites (tertiary alicyclic amines) is 1. The van der Waals surface area contributed by atoms with E-state index in [0.717, 1.165) is 26.1 Å². The van der Waals surface area contributed by atoms with Crippen molar-refractivity contribution >= 4 is 0 Å². The highest BCUT2D eigenvalue weighted by Crippen LogP contribution is 2.32. The second-order valence-corrected chi connectivity index (χ2v) is 7.31. The Kier molecular flexibility index (Phi) is 5.17. The fourth-order valence-electron chi connectivity index (χ4n) is 4.46. The van der Waals surface area contributed by atoms with Crippen molar-refractivity contribution in [3.05, 3.63) is 0 Å². The summed E-state index contributed by atoms with van der Waals surface area (Å²) in [6, 6.07) is 0.825. The largest absolute Gasteiger partial charge is 0.359 e. The van der Waals surface area contributed by atoms with Crippen LogP contribution in [0.2, 0.25) is 0 Å². The van der Waals surface area contributed by atoms with Crippen molar-refractivity contribution in [2.45, 2.75) is 57.0 Å². The lowest BCUT2D eigenvalue weighted by molar-refractivity contribution is -0.0608. The van der Waals surface area contributed by atoms with E-state index in [4.69, 9.17) is 10.5 Å². The van der Waals surface area contributed by atoms with E-state index in [2.05, 4.69) is 29.5 Å². The van der Waals surface area contributed by atoms with E-state index >= 15 is 0 Å². The van der Waals surface area contributed by atoms with Gasteiger partial charge in [-0.15, -0.1) is 0 Å². The first-order valence-electron chi connectivity index (χ1n) is 8.70. The Hall–Kier alpha value is -0.200. The Morgan fingerprint density at radius 3 is 2.67 bits per heavy atom. The quantitative estimate of drug-likeness (QED) is 0.702. The van der Waals surface area contributed by atoms with Gasteiger partial charge in [0.2, 0.25) is 0 Å². The van der Waals surface area contributed by atoms with Crippen molar-refractivity contribution < 1.29 is 4.74 Å². The van der Waals surface area contributed by atoms with Crippen LogP contribution in [-0.4, -0.2) is 62.5 Å². The summed E-state index contributed by atoms with van der Waals surface area (Å²) in [5.74, 6) is 1.36. The zero-order chi connectivity index (χ0) is 14.8. The van der Waals surface area contributed by atoms with Crippen molar-refractivity contribution in [2.75, 3.05) is 33.2 Å². The number of likely N-dealkylation sites (N-methyl/N-ethyl adjacent to an activating group) is 1. The minimum atomic E-state index is 0.241. The highest BCUT2D eigenvalue weighted by molar-refractivity contribution is 4.92. The topological polar surface area (TPSA) is 62.5 Å². The number of nitrogens with one attached hydrogen (secondary N) is 2. The predicted octanol–water partition coefficient (Wildman–Crippen LogP) is 0.358. The molecular weight excluding hydrogens is 264 g/mol. The third kappa shape index (κ3) is 3.77. The van der Waals surface area contributed by atoms with Crippen LogP contribution < -0.4 is 16.4 Å². The van der Waals surface area contributed by atoms with Gasteiger partial charge in [-0.25, -0.2) is 0 Å². The average Bonchev–Trinajstić information content (AvgIpc) is 2.85. The van der Waals surface area contributed by atoms with Gasteiger partial charge in [-0.1, -0.05) is 0 Å².